The third-order valence-corrected chi connectivity index (χ3v) is 4.32. The summed E-state index contributed by atoms with van der Waals surface area (Å²) in [5.74, 6) is 0. The monoisotopic (exact) mass is 286 g/mol. The molecule has 0 N–H and O–H groups in total. The number of pyridine rings is 2. The lowest BCUT2D eigenvalue weighted by atomic mass is 10.0. The van der Waals surface area contributed by atoms with Crippen molar-refractivity contribution in [2.24, 2.45) is 14.1 Å². The van der Waals surface area contributed by atoms with E-state index in [1.54, 1.807) is 0 Å². The summed E-state index contributed by atoms with van der Waals surface area (Å²) in [7, 11) is 4.16. The van der Waals surface area contributed by atoms with E-state index in [0.717, 1.165) is 0 Å². The van der Waals surface area contributed by atoms with Crippen molar-refractivity contribution in [1.29, 1.82) is 0 Å². The maximum absolute atomic E-state index is 2.26. The van der Waals surface area contributed by atoms with Gasteiger partial charge >= 0.3 is 0 Å². The predicted octanol–water partition coefficient (Wildman–Crippen LogP) is 3.31. The summed E-state index contributed by atoms with van der Waals surface area (Å²) in [6.07, 6.45) is 4.16. The van der Waals surface area contributed by atoms with Crippen LogP contribution < -0.4 is 9.13 Å². The number of fused-ring (bicyclic) bond motifs is 2. The summed E-state index contributed by atoms with van der Waals surface area (Å²) in [5, 5.41) is 2.53. The number of rotatable bonds is 1. The minimum atomic E-state index is 1.25. The molecular weight excluding hydrogens is 268 g/mol. The van der Waals surface area contributed by atoms with E-state index in [1.807, 2.05) is 0 Å². The van der Waals surface area contributed by atoms with Gasteiger partial charge in [0.25, 0.3) is 0 Å². The van der Waals surface area contributed by atoms with Crippen molar-refractivity contribution in [3.8, 4) is 11.1 Å². The Bertz CT molecular complexity index is 920. The molecule has 4 aromatic rings. The average molecular weight is 286 g/mol. The third-order valence-electron chi connectivity index (χ3n) is 4.32. The van der Waals surface area contributed by atoms with Gasteiger partial charge in [-0.25, -0.2) is 9.13 Å². The number of benzene rings is 2. The smallest absolute Gasteiger partial charge is 0.201 e. The first kappa shape index (κ1) is 13.0. The Labute approximate surface area is 129 Å². The van der Waals surface area contributed by atoms with E-state index in [9.17, 15) is 0 Å². The van der Waals surface area contributed by atoms with Crippen LogP contribution in [-0.4, -0.2) is 0 Å². The summed E-state index contributed by atoms with van der Waals surface area (Å²) in [4.78, 5) is 0. The molecule has 2 nitrogen and oxygen atoms in total. The molecule has 0 saturated carbocycles. The highest BCUT2D eigenvalue weighted by molar-refractivity contribution is 5.86. The van der Waals surface area contributed by atoms with Crippen LogP contribution in [0.5, 0.6) is 0 Å². The predicted molar refractivity (Wildman–Crippen MR) is 89.2 cm³/mol. The highest BCUT2D eigenvalue weighted by atomic mass is 14.9. The van der Waals surface area contributed by atoms with Gasteiger partial charge in [-0.05, 0) is 47.5 Å². The second-order valence-electron chi connectivity index (χ2n) is 5.79. The molecule has 4 rings (SSSR count). The van der Waals surface area contributed by atoms with Gasteiger partial charge in [-0.1, -0.05) is 0 Å². The van der Waals surface area contributed by atoms with E-state index in [4.69, 9.17) is 0 Å². The zero-order chi connectivity index (χ0) is 15.1. The molecule has 0 saturated heterocycles. The van der Waals surface area contributed by atoms with Crippen molar-refractivity contribution in [1.82, 2.24) is 0 Å². The van der Waals surface area contributed by atoms with Crippen molar-refractivity contribution in [3.05, 3.63) is 73.1 Å². The fraction of sp³-hybridized carbons (Fsp3) is 0.100. The lowest BCUT2D eigenvalue weighted by Crippen LogP contribution is -2.27. The summed E-state index contributed by atoms with van der Waals surface area (Å²) >= 11 is 0. The lowest BCUT2D eigenvalue weighted by molar-refractivity contribution is -0.645. The standard InChI is InChI=1S/C20H18N2/c1-21-11-3-5-17-13-15(7-9-19(17)21)16-8-10-20-18(14-16)6-4-12-22(20)2/h3-14H,1-2H3/q+2. The lowest BCUT2D eigenvalue weighted by Gasteiger charge is -2.04. The first-order chi connectivity index (χ1) is 10.7. The van der Waals surface area contributed by atoms with Crippen LogP contribution in [0.15, 0.2) is 73.1 Å². The third kappa shape index (κ3) is 2.04. The molecule has 22 heavy (non-hydrogen) atoms. The fourth-order valence-corrected chi connectivity index (χ4v) is 3.09. The summed E-state index contributed by atoms with van der Waals surface area (Å²) in [5.41, 5.74) is 5.01. The zero-order valence-corrected chi connectivity index (χ0v) is 12.8. The Kier molecular flexibility index (Phi) is 2.90. The fourth-order valence-electron chi connectivity index (χ4n) is 3.09. The van der Waals surface area contributed by atoms with Gasteiger partial charge in [0.2, 0.25) is 11.0 Å². The maximum atomic E-state index is 2.26. The molecule has 2 heterocycles. The molecule has 0 spiro atoms. The van der Waals surface area contributed by atoms with Crippen LogP contribution in [0.25, 0.3) is 32.9 Å². The molecule has 0 amide bonds. The van der Waals surface area contributed by atoms with Gasteiger partial charge in [0, 0.05) is 35.0 Å². The minimum Gasteiger partial charge on any atom is -0.201 e. The second kappa shape index (κ2) is 4.92. The van der Waals surface area contributed by atoms with Gasteiger partial charge in [-0.15, -0.1) is 0 Å². The first-order valence-electron chi connectivity index (χ1n) is 7.49. The molecule has 0 aliphatic rings. The van der Waals surface area contributed by atoms with E-state index in [2.05, 4.69) is 96.3 Å². The number of nitrogens with zero attached hydrogens (tertiary/aromatic N) is 2. The quantitative estimate of drug-likeness (QED) is 0.474. The summed E-state index contributed by atoms with van der Waals surface area (Å²) < 4.78 is 4.30. The van der Waals surface area contributed by atoms with E-state index < -0.39 is 0 Å². The highest BCUT2D eigenvalue weighted by Gasteiger charge is 2.08. The normalized spacial score (nSPS) is 11.2. The molecule has 0 bridgehead atoms. The van der Waals surface area contributed by atoms with Crippen molar-refractivity contribution in [2.45, 2.75) is 0 Å². The van der Waals surface area contributed by atoms with Crippen LogP contribution in [0.2, 0.25) is 0 Å². The van der Waals surface area contributed by atoms with Crippen LogP contribution in [0.4, 0.5) is 0 Å². The number of aromatic nitrogens is 2. The van der Waals surface area contributed by atoms with Crippen LogP contribution in [0.3, 0.4) is 0 Å². The van der Waals surface area contributed by atoms with Gasteiger partial charge in [0.05, 0.1) is 0 Å². The van der Waals surface area contributed by atoms with Gasteiger partial charge in [-0.2, -0.15) is 0 Å². The van der Waals surface area contributed by atoms with E-state index in [1.165, 1.54) is 32.9 Å². The van der Waals surface area contributed by atoms with Crippen molar-refractivity contribution in [2.75, 3.05) is 0 Å². The molecule has 2 aromatic carbocycles. The molecule has 0 aliphatic carbocycles. The Morgan fingerprint density at radius 3 is 1.50 bits per heavy atom. The molecule has 0 fully saturated rings. The topological polar surface area (TPSA) is 7.76 Å². The van der Waals surface area contributed by atoms with Gasteiger partial charge in [0.15, 0.2) is 12.4 Å². The number of hydrogen-bond acceptors (Lipinski definition) is 0. The van der Waals surface area contributed by atoms with E-state index in [0.29, 0.717) is 0 Å². The molecule has 2 aromatic heterocycles. The maximum Gasteiger partial charge on any atom is 0.212 e. The minimum absolute atomic E-state index is 1.25. The Morgan fingerprint density at radius 2 is 1.05 bits per heavy atom. The van der Waals surface area contributed by atoms with E-state index in [-0.39, 0.29) is 0 Å². The molecule has 0 aliphatic heterocycles. The molecular formula is C20H18N2+2. The average Bonchev–Trinajstić information content (AvgIpc) is 2.55. The number of hydrogen-bond donors (Lipinski definition) is 0. The van der Waals surface area contributed by atoms with Crippen molar-refractivity contribution in [3.63, 3.8) is 0 Å². The summed E-state index contributed by atoms with van der Waals surface area (Å²) in [6.45, 7) is 0. The van der Waals surface area contributed by atoms with Crippen molar-refractivity contribution < 1.29 is 9.13 Å². The van der Waals surface area contributed by atoms with Gasteiger partial charge in [0.1, 0.15) is 14.1 Å². The second-order valence-corrected chi connectivity index (χ2v) is 5.79. The molecule has 2 heteroatoms. The van der Waals surface area contributed by atoms with Crippen LogP contribution in [0, 0.1) is 0 Å². The molecule has 106 valence electrons. The Morgan fingerprint density at radius 1 is 0.591 bits per heavy atom. The largest absolute Gasteiger partial charge is 0.212 e. The molecule has 0 unspecified atom stereocenters. The van der Waals surface area contributed by atoms with Crippen LogP contribution in [0.1, 0.15) is 0 Å². The van der Waals surface area contributed by atoms with Crippen molar-refractivity contribution >= 4 is 21.8 Å². The van der Waals surface area contributed by atoms with Crippen LogP contribution in [-0.2, 0) is 14.1 Å². The zero-order valence-electron chi connectivity index (χ0n) is 12.8. The molecule has 0 atom stereocenters. The van der Waals surface area contributed by atoms with Gasteiger partial charge in [-0.3, -0.25) is 0 Å². The highest BCUT2D eigenvalue weighted by Crippen LogP contribution is 2.25. The Balaban J connectivity index is 1.91. The Hall–Kier alpha value is -2.74. The SMILES string of the molecule is C[n+]1cccc2cc(-c3ccc4c(ccc[n+]4C)c3)ccc21. The first-order valence-corrected chi connectivity index (χ1v) is 7.49. The van der Waals surface area contributed by atoms with Crippen LogP contribution >= 0.6 is 0 Å². The van der Waals surface area contributed by atoms with E-state index >= 15 is 0 Å². The molecule has 0 radical (unpaired) electrons. The summed E-state index contributed by atoms with van der Waals surface area (Å²) in [6, 6.07) is 21.8. The van der Waals surface area contributed by atoms with Gasteiger partial charge < -0.3 is 0 Å². The number of aryl methyl sites for hydroxylation is 2.